The molecule has 0 bridgehead atoms. The van der Waals surface area contributed by atoms with Crippen molar-refractivity contribution in [1.29, 1.82) is 0 Å². The maximum Gasteiger partial charge on any atom is 0.195 e. The van der Waals surface area contributed by atoms with Crippen molar-refractivity contribution < 1.29 is 4.42 Å². The van der Waals surface area contributed by atoms with E-state index in [0.717, 1.165) is 30.9 Å². The van der Waals surface area contributed by atoms with Crippen molar-refractivity contribution in [2.75, 3.05) is 5.88 Å². The zero-order chi connectivity index (χ0) is 11.9. The molecular formula is C14H16ClNO. The summed E-state index contributed by atoms with van der Waals surface area (Å²) in [5.74, 6) is 2.26. The summed E-state index contributed by atoms with van der Waals surface area (Å²) in [7, 11) is 0. The smallest absolute Gasteiger partial charge is 0.195 e. The molecule has 1 aromatic carbocycles. The van der Waals surface area contributed by atoms with Crippen LogP contribution in [0, 0.1) is 0 Å². The minimum atomic E-state index is 0.559. The van der Waals surface area contributed by atoms with Crippen LogP contribution < -0.4 is 0 Å². The average molecular weight is 250 g/mol. The zero-order valence-corrected chi connectivity index (χ0v) is 10.5. The third-order valence-electron chi connectivity index (χ3n) is 2.64. The maximum atomic E-state index is 5.63. The zero-order valence-electron chi connectivity index (χ0n) is 9.73. The van der Waals surface area contributed by atoms with Gasteiger partial charge in [0.2, 0.25) is 0 Å². The summed E-state index contributed by atoms with van der Waals surface area (Å²) in [4.78, 5) is 4.18. The van der Waals surface area contributed by atoms with Crippen molar-refractivity contribution in [3.63, 3.8) is 0 Å². The molecule has 0 amide bonds. The highest BCUT2D eigenvalue weighted by Crippen LogP contribution is 2.10. The Morgan fingerprint density at radius 1 is 1.06 bits per heavy atom. The van der Waals surface area contributed by atoms with Crippen molar-refractivity contribution in [3.05, 3.63) is 53.7 Å². The lowest BCUT2D eigenvalue weighted by Gasteiger charge is -1.99. The minimum absolute atomic E-state index is 0.559. The van der Waals surface area contributed by atoms with Crippen LogP contribution in [0.1, 0.15) is 23.6 Å². The fraction of sp³-hybridized carbons (Fsp3) is 0.357. The van der Waals surface area contributed by atoms with Crippen LogP contribution in [0.15, 0.2) is 40.9 Å². The van der Waals surface area contributed by atoms with Crippen LogP contribution in [0.5, 0.6) is 0 Å². The molecule has 90 valence electrons. The molecule has 0 radical (unpaired) electrons. The van der Waals surface area contributed by atoms with E-state index >= 15 is 0 Å². The quantitative estimate of drug-likeness (QED) is 0.731. The summed E-state index contributed by atoms with van der Waals surface area (Å²) in [6.07, 6.45) is 5.61. The normalized spacial score (nSPS) is 10.6. The third kappa shape index (κ3) is 3.90. The van der Waals surface area contributed by atoms with E-state index in [9.17, 15) is 0 Å². The third-order valence-corrected chi connectivity index (χ3v) is 2.83. The van der Waals surface area contributed by atoms with Gasteiger partial charge in [-0.2, -0.15) is 0 Å². The predicted octanol–water partition coefficient (Wildman–Crippen LogP) is 3.63. The summed E-state index contributed by atoms with van der Waals surface area (Å²) < 4.78 is 5.57. The number of aromatic nitrogens is 1. The first-order valence-corrected chi connectivity index (χ1v) is 6.45. The van der Waals surface area contributed by atoms with E-state index in [2.05, 4.69) is 29.2 Å². The first-order chi connectivity index (χ1) is 8.38. The van der Waals surface area contributed by atoms with Gasteiger partial charge in [-0.1, -0.05) is 30.3 Å². The summed E-state index contributed by atoms with van der Waals surface area (Å²) in [6.45, 7) is 0. The van der Waals surface area contributed by atoms with Gasteiger partial charge in [0.25, 0.3) is 0 Å². The topological polar surface area (TPSA) is 26.0 Å². The summed E-state index contributed by atoms with van der Waals surface area (Å²) in [6, 6.07) is 10.5. The molecule has 0 saturated heterocycles. The number of hydrogen-bond acceptors (Lipinski definition) is 2. The highest BCUT2D eigenvalue weighted by Gasteiger charge is 2.03. The van der Waals surface area contributed by atoms with Gasteiger partial charge >= 0.3 is 0 Å². The van der Waals surface area contributed by atoms with Crippen LogP contribution >= 0.6 is 11.6 Å². The molecule has 0 aliphatic rings. The Hall–Kier alpha value is -1.28. The number of halogens is 1. The molecule has 1 heterocycles. The molecule has 0 N–H and O–H groups in total. The SMILES string of the molecule is ClCCc1ncc(CCCc2ccccc2)o1. The fourth-order valence-electron chi connectivity index (χ4n) is 1.77. The standard InChI is InChI=1S/C14H16ClNO/c15-10-9-14-16-11-13(17-14)8-4-7-12-5-2-1-3-6-12/h1-3,5-6,11H,4,7-10H2. The van der Waals surface area contributed by atoms with Crippen LogP contribution in [-0.2, 0) is 19.3 Å². The summed E-state index contributed by atoms with van der Waals surface area (Å²) in [5.41, 5.74) is 1.37. The second-order valence-corrected chi connectivity index (χ2v) is 4.38. The van der Waals surface area contributed by atoms with E-state index < -0.39 is 0 Å². The average Bonchev–Trinajstić information content (AvgIpc) is 2.79. The Morgan fingerprint density at radius 2 is 1.88 bits per heavy atom. The molecule has 2 aromatic rings. The maximum absolute atomic E-state index is 5.63. The molecule has 1 aromatic heterocycles. The van der Waals surface area contributed by atoms with Gasteiger partial charge in [0.1, 0.15) is 5.76 Å². The molecule has 0 spiro atoms. The summed E-state index contributed by atoms with van der Waals surface area (Å²) >= 11 is 5.63. The number of oxazole rings is 1. The highest BCUT2D eigenvalue weighted by molar-refractivity contribution is 6.17. The Morgan fingerprint density at radius 3 is 2.65 bits per heavy atom. The second kappa shape index (κ2) is 6.45. The lowest BCUT2D eigenvalue weighted by Crippen LogP contribution is -1.88. The van der Waals surface area contributed by atoms with E-state index in [1.54, 1.807) is 0 Å². The van der Waals surface area contributed by atoms with Crippen molar-refractivity contribution >= 4 is 11.6 Å². The molecule has 0 aliphatic heterocycles. The van der Waals surface area contributed by atoms with E-state index in [4.69, 9.17) is 16.0 Å². The Bertz CT molecular complexity index is 438. The molecule has 0 fully saturated rings. The molecule has 17 heavy (non-hydrogen) atoms. The van der Waals surface area contributed by atoms with Gasteiger partial charge in [0.15, 0.2) is 5.89 Å². The number of rotatable bonds is 6. The fourth-order valence-corrected chi connectivity index (χ4v) is 1.93. The van der Waals surface area contributed by atoms with E-state index in [-0.39, 0.29) is 0 Å². The van der Waals surface area contributed by atoms with E-state index in [1.165, 1.54) is 5.56 Å². The van der Waals surface area contributed by atoms with Gasteiger partial charge in [-0.15, -0.1) is 11.6 Å². The molecule has 0 aliphatic carbocycles. The van der Waals surface area contributed by atoms with Gasteiger partial charge in [-0.3, -0.25) is 0 Å². The molecule has 2 rings (SSSR count). The van der Waals surface area contributed by atoms with E-state index in [1.807, 2.05) is 12.3 Å². The van der Waals surface area contributed by atoms with Crippen LogP contribution in [0.3, 0.4) is 0 Å². The number of hydrogen-bond donors (Lipinski definition) is 0. The van der Waals surface area contributed by atoms with Crippen LogP contribution in [-0.4, -0.2) is 10.9 Å². The Labute approximate surface area is 107 Å². The van der Waals surface area contributed by atoms with Gasteiger partial charge < -0.3 is 4.42 Å². The first kappa shape index (κ1) is 12.2. The second-order valence-electron chi connectivity index (χ2n) is 4.00. The van der Waals surface area contributed by atoms with Crippen LogP contribution in [0.25, 0.3) is 0 Å². The lowest BCUT2D eigenvalue weighted by atomic mass is 10.1. The number of nitrogens with zero attached hydrogens (tertiary/aromatic N) is 1. The molecule has 2 nitrogen and oxygen atoms in total. The van der Waals surface area contributed by atoms with Crippen LogP contribution in [0.2, 0.25) is 0 Å². The van der Waals surface area contributed by atoms with Crippen molar-refractivity contribution in [1.82, 2.24) is 4.98 Å². The molecule has 0 atom stereocenters. The largest absolute Gasteiger partial charge is 0.446 e. The Kier molecular flexibility index (Phi) is 4.63. The predicted molar refractivity (Wildman–Crippen MR) is 69.4 cm³/mol. The highest BCUT2D eigenvalue weighted by atomic mass is 35.5. The monoisotopic (exact) mass is 249 g/mol. The molecule has 0 unspecified atom stereocenters. The summed E-state index contributed by atoms with van der Waals surface area (Å²) in [5, 5.41) is 0. The van der Waals surface area contributed by atoms with Gasteiger partial charge in [-0.05, 0) is 18.4 Å². The molecule has 3 heteroatoms. The first-order valence-electron chi connectivity index (χ1n) is 5.92. The number of benzene rings is 1. The van der Waals surface area contributed by atoms with Crippen LogP contribution in [0.4, 0.5) is 0 Å². The van der Waals surface area contributed by atoms with Gasteiger partial charge in [0, 0.05) is 18.7 Å². The minimum Gasteiger partial charge on any atom is -0.446 e. The van der Waals surface area contributed by atoms with Crippen molar-refractivity contribution in [3.8, 4) is 0 Å². The lowest BCUT2D eigenvalue weighted by molar-refractivity contribution is 0.455. The van der Waals surface area contributed by atoms with Gasteiger partial charge in [0.05, 0.1) is 6.20 Å². The van der Waals surface area contributed by atoms with Gasteiger partial charge in [-0.25, -0.2) is 4.98 Å². The van der Waals surface area contributed by atoms with E-state index in [0.29, 0.717) is 12.3 Å². The number of aryl methyl sites for hydroxylation is 3. The Balaban J connectivity index is 1.78. The molecule has 0 saturated carbocycles. The van der Waals surface area contributed by atoms with Crippen molar-refractivity contribution in [2.45, 2.75) is 25.7 Å². The molecular weight excluding hydrogens is 234 g/mol. The number of alkyl halides is 1. The van der Waals surface area contributed by atoms with Crippen molar-refractivity contribution in [2.24, 2.45) is 0 Å².